The molecule has 0 spiro atoms. The Morgan fingerprint density at radius 3 is 2.71 bits per heavy atom. The maximum Gasteiger partial charge on any atom is 0.262 e. The molecule has 152 valence electrons. The van der Waals surface area contributed by atoms with Gasteiger partial charge >= 0.3 is 0 Å². The summed E-state index contributed by atoms with van der Waals surface area (Å²) in [4.78, 5) is 32.7. The van der Waals surface area contributed by atoms with Crippen molar-refractivity contribution in [1.29, 1.82) is 0 Å². The number of amides is 1. The van der Waals surface area contributed by atoms with E-state index in [0.29, 0.717) is 42.1 Å². The second-order valence-electron chi connectivity index (χ2n) is 6.99. The summed E-state index contributed by atoms with van der Waals surface area (Å²) >= 11 is 1.40. The Labute approximate surface area is 170 Å². The van der Waals surface area contributed by atoms with E-state index >= 15 is 0 Å². The van der Waals surface area contributed by atoms with Crippen molar-refractivity contribution >= 4 is 28.6 Å². The van der Waals surface area contributed by atoms with Crippen LogP contribution in [-0.4, -0.2) is 51.4 Å². The predicted octanol–water partition coefficient (Wildman–Crippen LogP) is 3.31. The molecule has 1 aromatic carbocycles. The normalized spacial score (nSPS) is 17.8. The minimum atomic E-state index is -0.260. The van der Waals surface area contributed by atoms with Gasteiger partial charge in [-0.15, -0.1) is 0 Å². The van der Waals surface area contributed by atoms with Gasteiger partial charge in [-0.3, -0.25) is 14.2 Å². The second-order valence-corrected chi connectivity index (χ2v) is 8.16. The molecular formula is C21H29N3O3S. The highest BCUT2D eigenvalue weighted by Gasteiger charge is 2.26. The number of thioether (sulfide) groups is 1. The standard InChI is InChI=1S/C21H29N3O3S/c1-4-18(20(26)23(5-2)6-3)28-21-22-17-12-8-7-11-16(17)19(25)24(21)14-15-10-9-13-27-15/h7-8,11-12,15,18H,4-6,9-10,13-14H2,1-3H3/t15-,18+/m1/s1. The lowest BCUT2D eigenvalue weighted by atomic mass is 10.2. The van der Waals surface area contributed by atoms with Gasteiger partial charge in [0.25, 0.3) is 5.56 Å². The number of rotatable bonds is 8. The molecule has 0 unspecified atom stereocenters. The van der Waals surface area contributed by atoms with Crippen LogP contribution in [0.4, 0.5) is 0 Å². The van der Waals surface area contributed by atoms with Gasteiger partial charge in [0.15, 0.2) is 5.16 Å². The molecule has 1 amide bonds. The first kappa shape index (κ1) is 20.9. The Balaban J connectivity index is 1.99. The van der Waals surface area contributed by atoms with Crippen molar-refractivity contribution in [3.8, 4) is 0 Å². The SMILES string of the molecule is CC[C@H](Sc1nc2ccccc2c(=O)n1C[C@H]1CCCO1)C(=O)N(CC)CC. The lowest BCUT2D eigenvalue weighted by Gasteiger charge is -2.25. The van der Waals surface area contributed by atoms with E-state index in [1.165, 1.54) is 11.8 Å². The zero-order chi connectivity index (χ0) is 20.1. The molecule has 0 bridgehead atoms. The Kier molecular flexibility index (Phi) is 7.13. The molecule has 2 atom stereocenters. The predicted molar refractivity (Wildman–Crippen MR) is 113 cm³/mol. The molecule has 3 rings (SSSR count). The van der Waals surface area contributed by atoms with Gasteiger partial charge < -0.3 is 9.64 Å². The molecule has 1 aromatic heterocycles. The van der Waals surface area contributed by atoms with Crippen LogP contribution in [0, 0.1) is 0 Å². The molecule has 0 saturated carbocycles. The molecule has 1 aliphatic rings. The Morgan fingerprint density at radius 2 is 2.07 bits per heavy atom. The summed E-state index contributed by atoms with van der Waals surface area (Å²) in [7, 11) is 0. The third kappa shape index (κ3) is 4.41. The molecule has 2 aromatic rings. The summed E-state index contributed by atoms with van der Waals surface area (Å²) in [6.45, 7) is 8.56. The van der Waals surface area contributed by atoms with Gasteiger partial charge in [-0.05, 0) is 45.2 Å². The topological polar surface area (TPSA) is 64.4 Å². The molecule has 6 nitrogen and oxygen atoms in total. The fourth-order valence-corrected chi connectivity index (χ4v) is 4.67. The summed E-state index contributed by atoms with van der Waals surface area (Å²) in [5.41, 5.74) is 0.609. The van der Waals surface area contributed by atoms with Crippen molar-refractivity contribution in [2.75, 3.05) is 19.7 Å². The van der Waals surface area contributed by atoms with E-state index < -0.39 is 0 Å². The summed E-state index contributed by atoms with van der Waals surface area (Å²) in [5.74, 6) is 0.101. The van der Waals surface area contributed by atoms with Crippen LogP contribution >= 0.6 is 11.8 Å². The number of hydrogen-bond donors (Lipinski definition) is 0. The first-order chi connectivity index (χ1) is 13.6. The van der Waals surface area contributed by atoms with Gasteiger partial charge in [-0.25, -0.2) is 4.98 Å². The van der Waals surface area contributed by atoms with Crippen LogP contribution in [0.1, 0.15) is 40.0 Å². The fourth-order valence-electron chi connectivity index (χ4n) is 3.57. The molecule has 2 heterocycles. The largest absolute Gasteiger partial charge is 0.376 e. The summed E-state index contributed by atoms with van der Waals surface area (Å²) in [6, 6.07) is 7.40. The molecule has 1 saturated heterocycles. The number of para-hydroxylation sites is 1. The zero-order valence-corrected chi connectivity index (χ0v) is 17.7. The number of aromatic nitrogens is 2. The Morgan fingerprint density at radius 1 is 1.32 bits per heavy atom. The minimum Gasteiger partial charge on any atom is -0.376 e. The highest BCUT2D eigenvalue weighted by atomic mass is 32.2. The van der Waals surface area contributed by atoms with Gasteiger partial charge in [0, 0.05) is 19.7 Å². The monoisotopic (exact) mass is 403 g/mol. The van der Waals surface area contributed by atoms with Crippen LogP contribution in [0.5, 0.6) is 0 Å². The number of carbonyl (C=O) groups is 1. The Bertz CT molecular complexity index is 873. The quantitative estimate of drug-likeness (QED) is 0.500. The van der Waals surface area contributed by atoms with Gasteiger partial charge in [0.05, 0.1) is 28.8 Å². The molecular weight excluding hydrogens is 374 g/mol. The second kappa shape index (κ2) is 9.56. The molecule has 1 aliphatic heterocycles. The minimum absolute atomic E-state index is 0.0265. The average molecular weight is 404 g/mol. The molecule has 7 heteroatoms. The van der Waals surface area contributed by atoms with E-state index in [0.717, 1.165) is 19.4 Å². The van der Waals surface area contributed by atoms with Gasteiger partial charge in [0.1, 0.15) is 0 Å². The fraction of sp³-hybridized carbons (Fsp3) is 0.571. The van der Waals surface area contributed by atoms with Crippen LogP contribution < -0.4 is 5.56 Å². The van der Waals surface area contributed by atoms with Gasteiger partial charge in [-0.2, -0.15) is 0 Å². The maximum absolute atomic E-state index is 13.2. The Hall–Kier alpha value is -1.86. The van der Waals surface area contributed by atoms with E-state index in [-0.39, 0.29) is 22.8 Å². The molecule has 28 heavy (non-hydrogen) atoms. The van der Waals surface area contributed by atoms with Crippen LogP contribution in [0.15, 0.2) is 34.2 Å². The van der Waals surface area contributed by atoms with E-state index in [1.807, 2.05) is 49.9 Å². The van der Waals surface area contributed by atoms with Crippen LogP contribution in [-0.2, 0) is 16.1 Å². The number of nitrogens with zero attached hydrogens (tertiary/aromatic N) is 3. The van der Waals surface area contributed by atoms with Crippen molar-refractivity contribution in [3.63, 3.8) is 0 Å². The van der Waals surface area contributed by atoms with E-state index in [4.69, 9.17) is 9.72 Å². The molecule has 1 fully saturated rings. The maximum atomic E-state index is 13.2. The molecule has 0 aliphatic carbocycles. The molecule has 0 N–H and O–H groups in total. The lowest BCUT2D eigenvalue weighted by Crippen LogP contribution is -2.38. The first-order valence-electron chi connectivity index (χ1n) is 10.2. The highest BCUT2D eigenvalue weighted by molar-refractivity contribution is 8.00. The number of ether oxygens (including phenoxy) is 1. The zero-order valence-electron chi connectivity index (χ0n) is 16.9. The van der Waals surface area contributed by atoms with Crippen molar-refractivity contribution < 1.29 is 9.53 Å². The third-order valence-corrected chi connectivity index (χ3v) is 6.55. The summed E-state index contributed by atoms with van der Waals surface area (Å²) in [5, 5.41) is 0.947. The van der Waals surface area contributed by atoms with Crippen molar-refractivity contribution in [2.45, 2.75) is 63.1 Å². The van der Waals surface area contributed by atoms with Crippen molar-refractivity contribution in [1.82, 2.24) is 14.5 Å². The first-order valence-corrected chi connectivity index (χ1v) is 11.0. The van der Waals surface area contributed by atoms with Crippen molar-refractivity contribution in [2.24, 2.45) is 0 Å². The third-order valence-electron chi connectivity index (χ3n) is 5.21. The highest BCUT2D eigenvalue weighted by Crippen LogP contribution is 2.27. The number of fused-ring (bicyclic) bond motifs is 1. The van der Waals surface area contributed by atoms with Crippen LogP contribution in [0.3, 0.4) is 0 Å². The average Bonchev–Trinajstić information content (AvgIpc) is 3.23. The van der Waals surface area contributed by atoms with Crippen LogP contribution in [0.25, 0.3) is 10.9 Å². The number of carbonyl (C=O) groups excluding carboxylic acids is 1. The number of hydrogen-bond acceptors (Lipinski definition) is 5. The van der Waals surface area contributed by atoms with Gasteiger partial charge in [0.2, 0.25) is 5.91 Å². The van der Waals surface area contributed by atoms with E-state index in [1.54, 1.807) is 4.57 Å². The lowest BCUT2D eigenvalue weighted by molar-refractivity contribution is -0.130. The smallest absolute Gasteiger partial charge is 0.262 e. The van der Waals surface area contributed by atoms with E-state index in [2.05, 4.69) is 0 Å². The summed E-state index contributed by atoms with van der Waals surface area (Å²) < 4.78 is 7.47. The molecule has 0 radical (unpaired) electrons. The number of benzene rings is 1. The summed E-state index contributed by atoms with van der Waals surface area (Å²) in [6.07, 6.45) is 2.67. The van der Waals surface area contributed by atoms with Crippen molar-refractivity contribution in [3.05, 3.63) is 34.6 Å². The van der Waals surface area contributed by atoms with Gasteiger partial charge in [-0.1, -0.05) is 30.8 Å². The van der Waals surface area contributed by atoms with Crippen LogP contribution in [0.2, 0.25) is 0 Å². The van der Waals surface area contributed by atoms with E-state index in [9.17, 15) is 9.59 Å².